The molecule has 2 aliphatic carbocycles. The first-order valence-electron chi connectivity index (χ1n) is 15.4. The maximum absolute atomic E-state index is 14.0. The number of anilines is 2. The molecule has 10 nitrogen and oxygen atoms in total. The summed E-state index contributed by atoms with van der Waals surface area (Å²) in [7, 11) is 3.13. The molecule has 47 heavy (non-hydrogen) atoms. The van der Waals surface area contributed by atoms with Crippen molar-refractivity contribution in [2.24, 2.45) is 29.6 Å². The Balaban J connectivity index is 1.09. The maximum Gasteiger partial charge on any atom is 0.305 e. The predicted octanol–water partition coefficient (Wildman–Crippen LogP) is 5.15. The summed E-state index contributed by atoms with van der Waals surface area (Å²) in [4.78, 5) is 58.4. The van der Waals surface area contributed by atoms with E-state index in [1.165, 1.54) is 16.2 Å². The molecule has 240 valence electrons. The fourth-order valence-electron chi connectivity index (χ4n) is 8.23. The number of hydrogen-bond donors (Lipinski definition) is 2. The molecule has 3 amide bonds. The van der Waals surface area contributed by atoms with Gasteiger partial charge in [0.15, 0.2) is 18.1 Å². The SMILES string of the molecule is COc1ccc(N2C(=O)C3C4CC(C3C2=O)C2C4Sc3[nH]c(=O)sc3[C@@H]2c2ccc(OCC(=O)Nc3ccccc3)c(OC)c2)cc1. The number of benzene rings is 3. The van der Waals surface area contributed by atoms with Gasteiger partial charge in [0.05, 0.1) is 36.8 Å². The molecule has 4 aliphatic rings. The van der Waals surface area contributed by atoms with Gasteiger partial charge in [-0.15, -0.1) is 11.8 Å². The Hall–Kier alpha value is -4.55. The van der Waals surface area contributed by atoms with Crippen molar-refractivity contribution in [1.29, 1.82) is 0 Å². The van der Waals surface area contributed by atoms with Crippen molar-refractivity contribution < 1.29 is 28.6 Å². The molecule has 2 aliphatic heterocycles. The molecule has 8 rings (SSSR count). The number of ether oxygens (including phenoxy) is 3. The van der Waals surface area contributed by atoms with Crippen LogP contribution in [0.2, 0.25) is 0 Å². The number of rotatable bonds is 8. The number of H-pyrrole nitrogens is 1. The monoisotopic (exact) mass is 669 g/mol. The molecule has 0 spiro atoms. The Bertz CT molecular complexity index is 1940. The Kier molecular flexibility index (Phi) is 7.36. The van der Waals surface area contributed by atoms with E-state index >= 15 is 0 Å². The molecule has 1 saturated heterocycles. The Morgan fingerprint density at radius 2 is 1.66 bits per heavy atom. The average molecular weight is 670 g/mol. The first-order valence-corrected chi connectivity index (χ1v) is 17.1. The summed E-state index contributed by atoms with van der Waals surface area (Å²) >= 11 is 2.84. The number of imide groups is 1. The van der Waals surface area contributed by atoms with Gasteiger partial charge in [0.25, 0.3) is 5.91 Å². The van der Waals surface area contributed by atoms with Gasteiger partial charge >= 0.3 is 4.87 Å². The summed E-state index contributed by atoms with van der Waals surface area (Å²) in [6.07, 6.45) is 0.788. The van der Waals surface area contributed by atoms with Gasteiger partial charge in [-0.3, -0.25) is 24.1 Å². The normalized spacial score (nSPS) is 26.9. The third-order valence-corrected chi connectivity index (χ3v) is 12.6. The van der Waals surface area contributed by atoms with Gasteiger partial charge in [0.2, 0.25) is 11.8 Å². The van der Waals surface area contributed by atoms with Crippen molar-refractivity contribution in [3.8, 4) is 17.2 Å². The number of para-hydroxylation sites is 1. The molecule has 7 atom stereocenters. The molecule has 3 fully saturated rings. The molecular formula is C35H31N3O7S2. The third kappa shape index (κ3) is 4.84. The smallest absolute Gasteiger partial charge is 0.305 e. The van der Waals surface area contributed by atoms with Gasteiger partial charge in [0, 0.05) is 21.7 Å². The van der Waals surface area contributed by atoms with E-state index in [1.54, 1.807) is 68.4 Å². The molecule has 6 unspecified atom stereocenters. The number of thiazole rings is 1. The van der Waals surface area contributed by atoms with Gasteiger partial charge in [0.1, 0.15) is 5.75 Å². The lowest BCUT2D eigenvalue weighted by Crippen LogP contribution is -2.42. The second-order valence-electron chi connectivity index (χ2n) is 12.3. The van der Waals surface area contributed by atoms with Crippen LogP contribution >= 0.6 is 23.1 Å². The average Bonchev–Trinajstić information content (AvgIpc) is 3.83. The summed E-state index contributed by atoms with van der Waals surface area (Å²) in [5, 5.41) is 3.70. The van der Waals surface area contributed by atoms with E-state index in [9.17, 15) is 19.2 Å². The Labute approximate surface area is 278 Å². The minimum absolute atomic E-state index is 0.00591. The quantitative estimate of drug-likeness (QED) is 0.247. The van der Waals surface area contributed by atoms with E-state index in [0.29, 0.717) is 28.6 Å². The molecule has 2 saturated carbocycles. The van der Waals surface area contributed by atoms with Crippen LogP contribution in [0.5, 0.6) is 17.2 Å². The minimum atomic E-state index is -0.413. The number of nitrogens with one attached hydrogen (secondary N) is 2. The van der Waals surface area contributed by atoms with Crippen LogP contribution in [0.1, 0.15) is 22.8 Å². The first-order chi connectivity index (χ1) is 22.9. The Morgan fingerprint density at radius 3 is 2.38 bits per heavy atom. The molecular weight excluding hydrogens is 639 g/mol. The molecule has 0 radical (unpaired) electrons. The number of aromatic amines is 1. The molecule has 12 heteroatoms. The second-order valence-corrected chi connectivity index (χ2v) is 14.5. The largest absolute Gasteiger partial charge is 0.497 e. The predicted molar refractivity (Wildman–Crippen MR) is 178 cm³/mol. The fraction of sp³-hybridized carbons (Fsp3) is 0.314. The molecule has 3 heterocycles. The molecule has 4 aromatic rings. The maximum atomic E-state index is 14.0. The summed E-state index contributed by atoms with van der Waals surface area (Å²) < 4.78 is 16.9. The zero-order valence-corrected chi connectivity index (χ0v) is 27.1. The lowest BCUT2D eigenvalue weighted by molar-refractivity contribution is -0.123. The number of carbonyl (C=O) groups excluding carboxylic acids is 3. The van der Waals surface area contributed by atoms with Crippen LogP contribution < -0.4 is 29.3 Å². The molecule has 2 N–H and O–H groups in total. The molecule has 2 bridgehead atoms. The zero-order chi connectivity index (χ0) is 32.4. The van der Waals surface area contributed by atoms with Crippen LogP contribution in [0, 0.1) is 29.6 Å². The van der Waals surface area contributed by atoms with E-state index < -0.39 is 5.92 Å². The van der Waals surface area contributed by atoms with Crippen LogP contribution in [0.15, 0.2) is 82.6 Å². The highest BCUT2D eigenvalue weighted by atomic mass is 32.2. The first kappa shape index (κ1) is 29.8. The van der Waals surface area contributed by atoms with Crippen molar-refractivity contribution in [2.45, 2.75) is 22.6 Å². The van der Waals surface area contributed by atoms with Crippen molar-refractivity contribution in [2.75, 3.05) is 31.0 Å². The van der Waals surface area contributed by atoms with Crippen molar-refractivity contribution in [3.05, 3.63) is 92.9 Å². The van der Waals surface area contributed by atoms with Crippen LogP contribution in [0.4, 0.5) is 11.4 Å². The van der Waals surface area contributed by atoms with Crippen molar-refractivity contribution >= 4 is 52.2 Å². The number of aromatic nitrogens is 1. The van der Waals surface area contributed by atoms with Crippen molar-refractivity contribution in [3.63, 3.8) is 0 Å². The molecule has 3 aromatic carbocycles. The number of fused-ring (bicyclic) bond motifs is 9. The number of nitrogens with zero attached hydrogens (tertiary/aromatic N) is 1. The van der Waals surface area contributed by atoms with Gasteiger partial charge < -0.3 is 24.5 Å². The number of carbonyl (C=O) groups is 3. The Morgan fingerprint density at radius 1 is 0.915 bits per heavy atom. The highest BCUT2D eigenvalue weighted by Gasteiger charge is 2.69. The highest BCUT2D eigenvalue weighted by molar-refractivity contribution is 8.00. The zero-order valence-electron chi connectivity index (χ0n) is 25.5. The lowest BCUT2D eigenvalue weighted by atomic mass is 9.68. The van der Waals surface area contributed by atoms with E-state index in [4.69, 9.17) is 14.2 Å². The van der Waals surface area contributed by atoms with Crippen molar-refractivity contribution in [1.82, 2.24) is 4.98 Å². The highest BCUT2D eigenvalue weighted by Crippen LogP contribution is 2.68. The second kappa shape index (κ2) is 11.6. The third-order valence-electron chi connectivity index (χ3n) is 10.0. The van der Waals surface area contributed by atoms with E-state index in [0.717, 1.165) is 21.9 Å². The number of thioether (sulfide) groups is 1. The number of hydrogen-bond acceptors (Lipinski definition) is 9. The van der Waals surface area contributed by atoms with E-state index in [-0.39, 0.29) is 64.0 Å². The minimum Gasteiger partial charge on any atom is -0.497 e. The van der Waals surface area contributed by atoms with Gasteiger partial charge in [-0.05, 0) is 78.3 Å². The van der Waals surface area contributed by atoms with E-state index in [2.05, 4.69) is 10.3 Å². The summed E-state index contributed by atoms with van der Waals surface area (Å²) in [5.74, 6) is -0.0197. The van der Waals surface area contributed by atoms with Crippen LogP contribution in [-0.2, 0) is 14.4 Å². The van der Waals surface area contributed by atoms with Gasteiger partial charge in [-0.2, -0.15) is 0 Å². The van der Waals surface area contributed by atoms with Crippen LogP contribution in [0.3, 0.4) is 0 Å². The number of methoxy groups -OCH3 is 2. The molecule has 1 aromatic heterocycles. The number of amides is 3. The topological polar surface area (TPSA) is 127 Å². The van der Waals surface area contributed by atoms with Gasteiger partial charge in [-0.25, -0.2) is 0 Å². The standard InChI is InChI=1S/C35H31N3O7S2/c1-43-20-11-9-19(10-12-20)38-33(40)28-21-15-22(29(28)34(38)41)30-27(21)26(31-32(46-30)37-35(42)47-31)17-8-13-23(24(14-17)44-2)45-16-25(39)36-18-6-4-3-5-7-18/h3-14,21-22,26-30H,15-16H2,1-2H3,(H,36,39)(H,37,42)/t21?,22?,26-,27?,28?,29?,30?/m1/s1. The fourth-order valence-corrected chi connectivity index (χ4v) is 11.1. The lowest BCUT2D eigenvalue weighted by Gasteiger charge is -2.43. The van der Waals surface area contributed by atoms with Gasteiger partial charge in [-0.1, -0.05) is 35.6 Å². The summed E-state index contributed by atoms with van der Waals surface area (Å²) in [6, 6.07) is 21.8. The summed E-state index contributed by atoms with van der Waals surface area (Å²) in [5.41, 5.74) is 2.17. The summed E-state index contributed by atoms with van der Waals surface area (Å²) in [6.45, 7) is -0.202. The van der Waals surface area contributed by atoms with Crippen LogP contribution in [0.25, 0.3) is 0 Å². The van der Waals surface area contributed by atoms with E-state index in [1.807, 2.05) is 30.3 Å². The van der Waals surface area contributed by atoms with Crippen LogP contribution in [-0.4, -0.2) is 48.8 Å².